The molecule has 1 aromatic carbocycles. The lowest BCUT2D eigenvalue weighted by Gasteiger charge is -2.09. The van der Waals surface area contributed by atoms with Crippen LogP contribution in [0.4, 0.5) is 0 Å². The molecule has 0 heterocycles. The predicted octanol–water partition coefficient (Wildman–Crippen LogP) is 3.69. The lowest BCUT2D eigenvalue weighted by Crippen LogP contribution is -2.16. The summed E-state index contributed by atoms with van der Waals surface area (Å²) in [5, 5.41) is 9.79. The van der Waals surface area contributed by atoms with Crippen molar-refractivity contribution < 1.29 is 14.6 Å². The van der Waals surface area contributed by atoms with Gasteiger partial charge in [0.15, 0.2) is 0 Å². The minimum atomic E-state index is -0.461. The molecule has 0 fully saturated rings. The molecule has 4 nitrogen and oxygen atoms in total. The van der Waals surface area contributed by atoms with E-state index in [0.717, 1.165) is 12.8 Å². The number of aromatic hydroxyl groups is 1. The number of carbonyl (C=O) groups is 1. The molecule has 0 radical (unpaired) electrons. The van der Waals surface area contributed by atoms with Crippen LogP contribution in [0.25, 0.3) is 0 Å². The van der Waals surface area contributed by atoms with Crippen LogP contribution in [-0.2, 0) is 22.6 Å². The maximum Gasteiger partial charge on any atom is 0.320 e. The lowest BCUT2D eigenvalue weighted by atomic mass is 10.0. The van der Waals surface area contributed by atoms with Crippen molar-refractivity contribution in [2.24, 2.45) is 5.73 Å². The zero-order valence-electron chi connectivity index (χ0n) is 13.6. The number of rotatable bonds is 11. The zero-order valence-corrected chi connectivity index (χ0v) is 13.6. The molecule has 0 aliphatic carbocycles. The Bertz CT molecular complexity index is 446. The fraction of sp³-hybridized carbons (Fsp3) is 0.611. The van der Waals surface area contributed by atoms with E-state index < -0.39 is 5.97 Å². The van der Waals surface area contributed by atoms with Gasteiger partial charge in [0.1, 0.15) is 12.4 Å². The molecule has 0 amide bonds. The largest absolute Gasteiger partial charge is 0.508 e. The number of aryl methyl sites for hydroxylation is 1. The van der Waals surface area contributed by atoms with Crippen LogP contribution in [0.2, 0.25) is 0 Å². The first kappa shape index (κ1) is 18.5. The summed E-state index contributed by atoms with van der Waals surface area (Å²) >= 11 is 0. The van der Waals surface area contributed by atoms with E-state index in [1.807, 2.05) is 12.1 Å². The van der Waals surface area contributed by atoms with Crippen molar-refractivity contribution in [2.75, 3.05) is 6.54 Å². The Morgan fingerprint density at radius 1 is 1.14 bits per heavy atom. The van der Waals surface area contributed by atoms with Crippen molar-refractivity contribution in [1.29, 1.82) is 0 Å². The Hall–Kier alpha value is -1.55. The summed E-state index contributed by atoms with van der Waals surface area (Å²) in [6.07, 6.45) is 9.95. The summed E-state index contributed by atoms with van der Waals surface area (Å²) in [6, 6.07) is 5.51. The third kappa shape index (κ3) is 7.46. The minimum Gasteiger partial charge on any atom is -0.508 e. The van der Waals surface area contributed by atoms with E-state index in [0.29, 0.717) is 5.56 Å². The van der Waals surface area contributed by atoms with E-state index in [1.165, 1.54) is 44.1 Å². The summed E-state index contributed by atoms with van der Waals surface area (Å²) in [7, 11) is 0. The molecule has 0 aliphatic heterocycles. The molecule has 4 heteroatoms. The molecule has 22 heavy (non-hydrogen) atoms. The average Bonchev–Trinajstić information content (AvgIpc) is 2.53. The smallest absolute Gasteiger partial charge is 0.320 e. The molecule has 0 bridgehead atoms. The third-order valence-electron chi connectivity index (χ3n) is 3.77. The Morgan fingerprint density at radius 2 is 1.82 bits per heavy atom. The summed E-state index contributed by atoms with van der Waals surface area (Å²) < 4.78 is 4.97. The number of hydrogen-bond donors (Lipinski definition) is 2. The van der Waals surface area contributed by atoms with Gasteiger partial charge in [-0.25, -0.2) is 0 Å². The predicted molar refractivity (Wildman–Crippen MR) is 88.7 cm³/mol. The number of phenols is 1. The van der Waals surface area contributed by atoms with Crippen molar-refractivity contribution >= 4 is 5.97 Å². The number of carbonyl (C=O) groups excluding carboxylic acids is 1. The van der Waals surface area contributed by atoms with Gasteiger partial charge in [-0.2, -0.15) is 0 Å². The SMILES string of the molecule is CCCCCCCCCc1ccc(O)c(COC(=O)CN)c1. The molecule has 0 unspecified atom stereocenters. The van der Waals surface area contributed by atoms with Gasteiger partial charge in [0, 0.05) is 5.56 Å². The topological polar surface area (TPSA) is 72.5 Å². The molecule has 0 spiro atoms. The number of esters is 1. The molecule has 0 saturated heterocycles. The van der Waals surface area contributed by atoms with Gasteiger partial charge in [-0.15, -0.1) is 0 Å². The van der Waals surface area contributed by atoms with Gasteiger partial charge in [0.25, 0.3) is 0 Å². The Morgan fingerprint density at radius 3 is 2.50 bits per heavy atom. The number of ether oxygens (including phenoxy) is 1. The molecular formula is C18H29NO3. The highest BCUT2D eigenvalue weighted by atomic mass is 16.5. The molecule has 0 saturated carbocycles. The second-order valence-electron chi connectivity index (χ2n) is 5.70. The number of nitrogens with two attached hydrogens (primary N) is 1. The van der Waals surface area contributed by atoms with Crippen molar-refractivity contribution in [3.8, 4) is 5.75 Å². The van der Waals surface area contributed by atoms with Crippen LogP contribution in [0.5, 0.6) is 5.75 Å². The van der Waals surface area contributed by atoms with Crippen LogP contribution < -0.4 is 5.73 Å². The van der Waals surface area contributed by atoms with Crippen LogP contribution in [0.15, 0.2) is 18.2 Å². The van der Waals surface area contributed by atoms with Gasteiger partial charge in [0.2, 0.25) is 0 Å². The quantitative estimate of drug-likeness (QED) is 0.483. The second kappa shape index (κ2) is 11.1. The molecule has 124 valence electrons. The van der Waals surface area contributed by atoms with Crippen LogP contribution in [0, 0.1) is 0 Å². The summed E-state index contributed by atoms with van der Waals surface area (Å²) in [5.74, 6) is -0.301. The van der Waals surface area contributed by atoms with E-state index in [-0.39, 0.29) is 18.9 Å². The van der Waals surface area contributed by atoms with Crippen molar-refractivity contribution in [3.05, 3.63) is 29.3 Å². The lowest BCUT2D eigenvalue weighted by molar-refractivity contribution is -0.143. The fourth-order valence-electron chi connectivity index (χ4n) is 2.41. The first-order valence-electron chi connectivity index (χ1n) is 8.33. The highest BCUT2D eigenvalue weighted by Crippen LogP contribution is 2.21. The van der Waals surface area contributed by atoms with Crippen LogP contribution in [0.3, 0.4) is 0 Å². The fourth-order valence-corrected chi connectivity index (χ4v) is 2.41. The zero-order chi connectivity index (χ0) is 16.2. The third-order valence-corrected chi connectivity index (χ3v) is 3.77. The van der Waals surface area contributed by atoms with E-state index in [1.54, 1.807) is 6.07 Å². The highest BCUT2D eigenvalue weighted by Gasteiger charge is 2.06. The maximum absolute atomic E-state index is 11.1. The summed E-state index contributed by atoms with van der Waals surface area (Å²) in [6.45, 7) is 2.17. The molecule has 1 rings (SSSR count). The van der Waals surface area contributed by atoms with Gasteiger partial charge in [-0.05, 0) is 30.5 Å². The molecule has 0 atom stereocenters. The Balaban J connectivity index is 2.33. The monoisotopic (exact) mass is 307 g/mol. The summed E-state index contributed by atoms with van der Waals surface area (Å²) in [5.41, 5.74) is 7.00. The Labute approximate surface area is 133 Å². The molecule has 3 N–H and O–H groups in total. The van der Waals surface area contributed by atoms with Crippen molar-refractivity contribution in [3.63, 3.8) is 0 Å². The first-order valence-corrected chi connectivity index (χ1v) is 8.33. The first-order chi connectivity index (χ1) is 10.7. The maximum atomic E-state index is 11.1. The van der Waals surface area contributed by atoms with E-state index in [2.05, 4.69) is 6.92 Å². The normalized spacial score (nSPS) is 10.6. The standard InChI is InChI=1S/C18H29NO3/c1-2-3-4-5-6-7-8-9-15-10-11-17(20)16(12-15)14-22-18(21)13-19/h10-12,20H,2-9,13-14,19H2,1H3. The van der Waals surface area contributed by atoms with E-state index >= 15 is 0 Å². The molecule has 0 aromatic heterocycles. The van der Waals surface area contributed by atoms with Crippen LogP contribution >= 0.6 is 0 Å². The number of hydrogen-bond acceptors (Lipinski definition) is 4. The van der Waals surface area contributed by atoms with Crippen LogP contribution in [0.1, 0.15) is 63.0 Å². The molecular weight excluding hydrogens is 278 g/mol. The van der Waals surface area contributed by atoms with Gasteiger partial charge >= 0.3 is 5.97 Å². The van der Waals surface area contributed by atoms with Gasteiger partial charge in [-0.3, -0.25) is 4.79 Å². The van der Waals surface area contributed by atoms with Gasteiger partial charge < -0.3 is 15.6 Å². The molecule has 0 aliphatic rings. The van der Waals surface area contributed by atoms with Gasteiger partial charge in [0.05, 0.1) is 6.54 Å². The van der Waals surface area contributed by atoms with E-state index in [9.17, 15) is 9.90 Å². The second-order valence-corrected chi connectivity index (χ2v) is 5.70. The average molecular weight is 307 g/mol. The van der Waals surface area contributed by atoms with E-state index in [4.69, 9.17) is 10.5 Å². The highest BCUT2D eigenvalue weighted by molar-refractivity contribution is 5.71. The number of benzene rings is 1. The van der Waals surface area contributed by atoms with Crippen molar-refractivity contribution in [2.45, 2.75) is 64.9 Å². The number of unbranched alkanes of at least 4 members (excludes halogenated alkanes) is 6. The minimum absolute atomic E-state index is 0.0761. The van der Waals surface area contributed by atoms with Crippen molar-refractivity contribution in [1.82, 2.24) is 0 Å². The summed E-state index contributed by atoms with van der Waals surface area (Å²) in [4.78, 5) is 11.1. The molecule has 1 aromatic rings. The van der Waals surface area contributed by atoms with Crippen LogP contribution in [-0.4, -0.2) is 17.6 Å². The van der Waals surface area contributed by atoms with Gasteiger partial charge in [-0.1, -0.05) is 51.5 Å². The Kier molecular flexibility index (Phi) is 9.31. The number of phenolic OH excluding ortho intramolecular Hbond substituents is 1.